The van der Waals surface area contributed by atoms with E-state index < -0.39 is 17.5 Å². The first-order valence-corrected chi connectivity index (χ1v) is 5.99. The van der Waals surface area contributed by atoms with Crippen LogP contribution < -0.4 is 5.32 Å². The van der Waals surface area contributed by atoms with E-state index in [9.17, 15) is 13.2 Å². The molecule has 0 saturated carbocycles. The van der Waals surface area contributed by atoms with Crippen molar-refractivity contribution in [2.75, 3.05) is 5.32 Å². The molecule has 0 atom stereocenters. The summed E-state index contributed by atoms with van der Waals surface area (Å²) in [5.74, 6) is -2.25. The van der Waals surface area contributed by atoms with Gasteiger partial charge >= 0.3 is 0 Å². The van der Waals surface area contributed by atoms with Crippen molar-refractivity contribution in [1.29, 1.82) is 0 Å². The van der Waals surface area contributed by atoms with Crippen LogP contribution in [-0.4, -0.2) is 0 Å². The van der Waals surface area contributed by atoms with Crippen LogP contribution in [0.25, 0.3) is 0 Å². The van der Waals surface area contributed by atoms with Crippen molar-refractivity contribution in [1.82, 2.24) is 0 Å². The van der Waals surface area contributed by atoms with Gasteiger partial charge in [0.2, 0.25) is 0 Å². The first kappa shape index (κ1) is 13.0. The van der Waals surface area contributed by atoms with Crippen molar-refractivity contribution in [3.05, 3.63) is 63.9 Å². The number of hydrogen-bond donors (Lipinski definition) is 1. The molecule has 0 saturated heterocycles. The highest BCUT2D eigenvalue weighted by Crippen LogP contribution is 2.22. The van der Waals surface area contributed by atoms with Gasteiger partial charge in [0.1, 0.15) is 5.82 Å². The predicted molar refractivity (Wildman–Crippen MR) is 67.8 cm³/mol. The minimum atomic E-state index is -0.940. The zero-order chi connectivity index (χ0) is 13.1. The Morgan fingerprint density at radius 2 is 1.61 bits per heavy atom. The second-order valence-corrected chi connectivity index (χ2v) is 4.46. The average Bonchev–Trinajstić information content (AvgIpc) is 2.36. The van der Waals surface area contributed by atoms with Gasteiger partial charge in [-0.3, -0.25) is 0 Å². The van der Waals surface area contributed by atoms with E-state index in [1.54, 1.807) is 12.1 Å². The van der Waals surface area contributed by atoms with Gasteiger partial charge in [-0.25, -0.2) is 13.2 Å². The van der Waals surface area contributed by atoms with E-state index in [0.717, 1.165) is 6.07 Å². The molecule has 0 aromatic heterocycles. The first-order valence-electron chi connectivity index (χ1n) is 5.20. The summed E-state index contributed by atoms with van der Waals surface area (Å²) in [6.45, 7) is 0.193. The van der Waals surface area contributed by atoms with Crippen LogP contribution in [-0.2, 0) is 6.54 Å². The van der Waals surface area contributed by atoms with Crippen molar-refractivity contribution < 1.29 is 13.2 Å². The Labute approximate surface area is 111 Å². The SMILES string of the molecule is Fc1cccc(NCc2cccc(F)c2Br)c1F. The van der Waals surface area contributed by atoms with E-state index in [1.807, 2.05) is 0 Å². The van der Waals surface area contributed by atoms with Gasteiger partial charge in [-0.15, -0.1) is 0 Å². The molecule has 0 fully saturated rings. The Morgan fingerprint density at radius 3 is 2.39 bits per heavy atom. The number of halogens is 4. The largest absolute Gasteiger partial charge is 0.378 e. The lowest BCUT2D eigenvalue weighted by atomic mass is 10.2. The molecule has 1 N–H and O–H groups in total. The maximum atomic E-state index is 13.4. The molecule has 1 nitrogen and oxygen atoms in total. The Hall–Kier alpha value is -1.49. The smallest absolute Gasteiger partial charge is 0.181 e. The average molecular weight is 316 g/mol. The lowest BCUT2D eigenvalue weighted by Gasteiger charge is -2.09. The van der Waals surface area contributed by atoms with Gasteiger partial charge in [-0.1, -0.05) is 18.2 Å². The van der Waals surface area contributed by atoms with E-state index in [-0.39, 0.29) is 12.2 Å². The number of nitrogens with one attached hydrogen (secondary N) is 1. The Bertz CT molecular complexity index is 521. The molecular weight excluding hydrogens is 307 g/mol. The number of anilines is 1. The van der Waals surface area contributed by atoms with E-state index in [4.69, 9.17) is 0 Å². The third-order valence-corrected chi connectivity index (χ3v) is 3.34. The van der Waals surface area contributed by atoms with Crippen molar-refractivity contribution in [3.8, 4) is 0 Å². The molecule has 0 aliphatic rings. The van der Waals surface area contributed by atoms with Crippen LogP contribution >= 0.6 is 15.9 Å². The fourth-order valence-electron chi connectivity index (χ4n) is 1.52. The normalized spacial score (nSPS) is 10.4. The molecular formula is C13H9BrF3N. The number of benzene rings is 2. The van der Waals surface area contributed by atoms with Crippen molar-refractivity contribution in [3.63, 3.8) is 0 Å². The van der Waals surface area contributed by atoms with Crippen LogP contribution in [0.4, 0.5) is 18.9 Å². The summed E-state index contributed by atoms with van der Waals surface area (Å²) >= 11 is 3.10. The summed E-state index contributed by atoms with van der Waals surface area (Å²) in [6.07, 6.45) is 0. The third-order valence-electron chi connectivity index (χ3n) is 2.45. The van der Waals surface area contributed by atoms with Gasteiger partial charge in [-0.05, 0) is 39.7 Å². The van der Waals surface area contributed by atoms with E-state index in [1.165, 1.54) is 18.2 Å². The molecule has 0 bridgehead atoms. The lowest BCUT2D eigenvalue weighted by Crippen LogP contribution is -2.03. The maximum absolute atomic E-state index is 13.4. The van der Waals surface area contributed by atoms with E-state index in [2.05, 4.69) is 21.2 Å². The molecule has 0 aliphatic heterocycles. The zero-order valence-electron chi connectivity index (χ0n) is 9.18. The standard InChI is InChI=1S/C13H9BrF3N/c14-12-8(3-1-4-9(12)15)7-18-11-6-2-5-10(16)13(11)17/h1-6,18H,7H2. The van der Waals surface area contributed by atoms with Gasteiger partial charge in [0, 0.05) is 6.54 Å². The second-order valence-electron chi connectivity index (χ2n) is 3.67. The fraction of sp³-hybridized carbons (Fsp3) is 0.0769. The molecule has 0 spiro atoms. The molecule has 0 heterocycles. The highest BCUT2D eigenvalue weighted by atomic mass is 79.9. The molecule has 0 amide bonds. The summed E-state index contributed by atoms with van der Waals surface area (Å²) in [5, 5.41) is 2.73. The predicted octanol–water partition coefficient (Wildman–Crippen LogP) is 4.48. The molecule has 0 aliphatic carbocycles. The van der Waals surface area contributed by atoms with Crippen molar-refractivity contribution in [2.24, 2.45) is 0 Å². The molecule has 18 heavy (non-hydrogen) atoms. The minimum Gasteiger partial charge on any atom is -0.378 e. The molecule has 94 valence electrons. The quantitative estimate of drug-likeness (QED) is 0.880. The summed E-state index contributed by atoms with van der Waals surface area (Å²) in [4.78, 5) is 0. The van der Waals surface area contributed by atoms with Crippen LogP contribution in [0.1, 0.15) is 5.56 Å². The fourth-order valence-corrected chi connectivity index (χ4v) is 1.92. The molecule has 2 rings (SSSR count). The minimum absolute atomic E-state index is 0.0474. The summed E-state index contributed by atoms with van der Waals surface area (Å²) in [6, 6.07) is 8.43. The van der Waals surface area contributed by atoms with Crippen LogP contribution in [0.15, 0.2) is 40.9 Å². The highest BCUT2D eigenvalue weighted by molar-refractivity contribution is 9.10. The Balaban J connectivity index is 2.17. The third kappa shape index (κ3) is 2.67. The van der Waals surface area contributed by atoms with E-state index >= 15 is 0 Å². The van der Waals surface area contributed by atoms with Crippen LogP contribution in [0.2, 0.25) is 0 Å². The van der Waals surface area contributed by atoms with Crippen LogP contribution in [0.3, 0.4) is 0 Å². The van der Waals surface area contributed by atoms with Crippen LogP contribution in [0, 0.1) is 17.5 Å². The first-order chi connectivity index (χ1) is 8.59. The molecule has 2 aromatic carbocycles. The van der Waals surface area contributed by atoms with Crippen molar-refractivity contribution in [2.45, 2.75) is 6.54 Å². The number of rotatable bonds is 3. The summed E-state index contributed by atoms with van der Waals surface area (Å²) in [5.41, 5.74) is 0.671. The molecule has 5 heteroatoms. The number of hydrogen-bond acceptors (Lipinski definition) is 1. The maximum Gasteiger partial charge on any atom is 0.181 e. The van der Waals surface area contributed by atoms with Gasteiger partial charge < -0.3 is 5.32 Å². The second kappa shape index (κ2) is 5.44. The summed E-state index contributed by atoms with van der Waals surface area (Å²) in [7, 11) is 0. The van der Waals surface area contributed by atoms with Crippen molar-refractivity contribution >= 4 is 21.6 Å². The Kier molecular flexibility index (Phi) is 3.91. The molecule has 0 unspecified atom stereocenters. The van der Waals surface area contributed by atoms with Gasteiger partial charge in [-0.2, -0.15) is 0 Å². The topological polar surface area (TPSA) is 12.0 Å². The monoisotopic (exact) mass is 315 g/mol. The molecule has 0 radical (unpaired) electrons. The lowest BCUT2D eigenvalue weighted by molar-refractivity contribution is 0.511. The van der Waals surface area contributed by atoms with E-state index in [0.29, 0.717) is 10.0 Å². The van der Waals surface area contributed by atoms with Gasteiger partial charge in [0.15, 0.2) is 11.6 Å². The highest BCUT2D eigenvalue weighted by Gasteiger charge is 2.09. The zero-order valence-corrected chi connectivity index (χ0v) is 10.8. The van der Waals surface area contributed by atoms with Crippen LogP contribution in [0.5, 0.6) is 0 Å². The molecule has 2 aromatic rings. The van der Waals surface area contributed by atoms with Gasteiger partial charge in [0.05, 0.1) is 10.2 Å². The summed E-state index contributed by atoms with van der Waals surface area (Å²) < 4.78 is 39.9. The van der Waals surface area contributed by atoms with Gasteiger partial charge in [0.25, 0.3) is 0 Å². The Morgan fingerprint density at radius 1 is 0.944 bits per heavy atom.